The van der Waals surface area contributed by atoms with E-state index in [1.54, 1.807) is 0 Å². The maximum Gasteiger partial charge on any atom is 0.336 e. The van der Waals surface area contributed by atoms with Gasteiger partial charge in [-0.25, -0.2) is 4.79 Å². The van der Waals surface area contributed by atoms with E-state index in [1.807, 2.05) is 0 Å². The number of non-ortho nitro benzene ring substituents is 1. The number of rotatable bonds is 3. The Morgan fingerprint density at radius 1 is 1.10 bits per heavy atom. The Hall–Kier alpha value is -2.11. The first-order valence-corrected chi connectivity index (χ1v) is 6.12. The first-order valence-electron chi connectivity index (χ1n) is 5.36. The van der Waals surface area contributed by atoms with Crippen LogP contribution >= 0.6 is 23.2 Å². The van der Waals surface area contributed by atoms with Crippen molar-refractivity contribution in [2.45, 2.75) is 0 Å². The van der Waals surface area contributed by atoms with Gasteiger partial charge in [-0.1, -0.05) is 23.2 Å². The van der Waals surface area contributed by atoms with E-state index in [9.17, 15) is 14.9 Å². The molecule has 0 unspecified atom stereocenters. The molecule has 20 heavy (non-hydrogen) atoms. The quantitative estimate of drug-likeness (QED) is 0.678. The van der Waals surface area contributed by atoms with Gasteiger partial charge in [0.1, 0.15) is 0 Å². The number of aromatic carboxylic acids is 1. The number of nitrogens with zero attached hydrogens (tertiary/aromatic N) is 1. The second-order valence-electron chi connectivity index (χ2n) is 3.95. The van der Waals surface area contributed by atoms with Crippen molar-refractivity contribution in [3.63, 3.8) is 0 Å². The minimum Gasteiger partial charge on any atom is -0.478 e. The number of nitro benzene ring substituents is 1. The van der Waals surface area contributed by atoms with Crippen molar-refractivity contribution in [3.8, 4) is 11.1 Å². The number of halogens is 2. The Kier molecular flexibility index (Phi) is 3.92. The van der Waals surface area contributed by atoms with Gasteiger partial charge in [-0.05, 0) is 29.8 Å². The molecule has 2 aromatic rings. The zero-order chi connectivity index (χ0) is 14.9. The van der Waals surface area contributed by atoms with E-state index in [1.165, 1.54) is 30.3 Å². The summed E-state index contributed by atoms with van der Waals surface area (Å²) in [6, 6.07) is 8.00. The molecule has 0 radical (unpaired) electrons. The second-order valence-corrected chi connectivity index (χ2v) is 4.82. The smallest absolute Gasteiger partial charge is 0.336 e. The highest BCUT2D eigenvalue weighted by molar-refractivity contribution is 6.35. The van der Waals surface area contributed by atoms with Crippen molar-refractivity contribution in [2.75, 3.05) is 0 Å². The molecule has 0 spiro atoms. The summed E-state index contributed by atoms with van der Waals surface area (Å²) in [4.78, 5) is 21.4. The molecule has 0 amide bonds. The molecule has 102 valence electrons. The average Bonchev–Trinajstić information content (AvgIpc) is 2.36. The van der Waals surface area contributed by atoms with E-state index in [2.05, 4.69) is 0 Å². The van der Waals surface area contributed by atoms with Crippen molar-refractivity contribution in [3.05, 3.63) is 62.1 Å². The number of nitro groups is 1. The molecule has 1 N–H and O–H groups in total. The summed E-state index contributed by atoms with van der Waals surface area (Å²) in [7, 11) is 0. The largest absolute Gasteiger partial charge is 0.478 e. The van der Waals surface area contributed by atoms with Crippen molar-refractivity contribution in [1.29, 1.82) is 0 Å². The van der Waals surface area contributed by atoms with Gasteiger partial charge in [-0.15, -0.1) is 0 Å². The van der Waals surface area contributed by atoms with Crippen LogP contribution in [-0.4, -0.2) is 16.0 Å². The van der Waals surface area contributed by atoms with E-state index < -0.39 is 10.9 Å². The van der Waals surface area contributed by atoms with Crippen LogP contribution in [0.1, 0.15) is 10.4 Å². The van der Waals surface area contributed by atoms with Crippen LogP contribution in [-0.2, 0) is 0 Å². The van der Waals surface area contributed by atoms with Crippen molar-refractivity contribution < 1.29 is 14.8 Å². The summed E-state index contributed by atoms with van der Waals surface area (Å²) in [5.74, 6) is -1.19. The maximum atomic E-state index is 11.2. The van der Waals surface area contributed by atoms with E-state index in [4.69, 9.17) is 28.3 Å². The van der Waals surface area contributed by atoms with Gasteiger partial charge in [0.05, 0.1) is 10.5 Å². The van der Waals surface area contributed by atoms with E-state index in [-0.39, 0.29) is 16.8 Å². The highest BCUT2D eigenvalue weighted by atomic mass is 35.5. The van der Waals surface area contributed by atoms with Crippen LogP contribution in [0, 0.1) is 10.1 Å². The predicted molar refractivity (Wildman–Crippen MR) is 75.5 cm³/mol. The first-order chi connectivity index (χ1) is 9.38. The van der Waals surface area contributed by atoms with Gasteiger partial charge in [0.2, 0.25) is 0 Å². The van der Waals surface area contributed by atoms with Crippen molar-refractivity contribution in [1.82, 2.24) is 0 Å². The normalized spacial score (nSPS) is 10.3. The SMILES string of the molecule is O=C(O)c1ccc([N+](=O)[O-])cc1-c1cc(Cl)cc(Cl)c1. The van der Waals surface area contributed by atoms with Gasteiger partial charge in [0, 0.05) is 27.7 Å². The zero-order valence-corrected chi connectivity index (χ0v) is 11.4. The lowest BCUT2D eigenvalue weighted by molar-refractivity contribution is -0.384. The molecule has 0 heterocycles. The van der Waals surface area contributed by atoms with Crippen LogP contribution in [0.25, 0.3) is 11.1 Å². The predicted octanol–water partition coefficient (Wildman–Crippen LogP) is 4.27. The van der Waals surface area contributed by atoms with E-state index in [0.717, 1.165) is 6.07 Å². The lowest BCUT2D eigenvalue weighted by Gasteiger charge is -2.07. The van der Waals surface area contributed by atoms with E-state index >= 15 is 0 Å². The minimum atomic E-state index is -1.19. The van der Waals surface area contributed by atoms with Gasteiger partial charge in [-0.2, -0.15) is 0 Å². The fraction of sp³-hybridized carbons (Fsp3) is 0. The topological polar surface area (TPSA) is 80.4 Å². The van der Waals surface area contributed by atoms with Crippen LogP contribution < -0.4 is 0 Å². The number of carboxylic acids is 1. The number of carboxylic acid groups (broad SMARTS) is 1. The molecular formula is C13H7Cl2NO4. The van der Waals surface area contributed by atoms with Crippen LogP contribution in [0.2, 0.25) is 10.0 Å². The van der Waals surface area contributed by atoms with Crippen molar-refractivity contribution >= 4 is 34.9 Å². The number of hydrogen-bond donors (Lipinski definition) is 1. The van der Waals surface area contributed by atoms with Gasteiger partial charge in [-0.3, -0.25) is 10.1 Å². The summed E-state index contributed by atoms with van der Waals surface area (Å²) in [5, 5.41) is 20.6. The second kappa shape index (κ2) is 5.48. The molecule has 0 aromatic heterocycles. The number of benzene rings is 2. The highest BCUT2D eigenvalue weighted by Gasteiger charge is 2.17. The summed E-state index contributed by atoms with van der Waals surface area (Å²) in [6.45, 7) is 0. The fourth-order valence-corrected chi connectivity index (χ4v) is 2.31. The summed E-state index contributed by atoms with van der Waals surface area (Å²) < 4.78 is 0. The van der Waals surface area contributed by atoms with E-state index in [0.29, 0.717) is 15.6 Å². The molecule has 0 saturated heterocycles. The maximum absolute atomic E-state index is 11.2. The third-order valence-corrected chi connectivity index (χ3v) is 3.05. The Bertz CT molecular complexity index is 695. The molecule has 0 atom stereocenters. The molecule has 0 aliphatic carbocycles. The Balaban J connectivity index is 2.71. The molecule has 7 heteroatoms. The highest BCUT2D eigenvalue weighted by Crippen LogP contribution is 2.32. The van der Waals surface area contributed by atoms with Crippen LogP contribution in [0.3, 0.4) is 0 Å². The fourth-order valence-electron chi connectivity index (χ4n) is 1.78. The Morgan fingerprint density at radius 3 is 2.20 bits per heavy atom. The number of hydrogen-bond acceptors (Lipinski definition) is 3. The average molecular weight is 312 g/mol. The van der Waals surface area contributed by atoms with Gasteiger partial charge in [0.15, 0.2) is 0 Å². The van der Waals surface area contributed by atoms with Gasteiger partial charge >= 0.3 is 5.97 Å². The van der Waals surface area contributed by atoms with Crippen LogP contribution in [0.5, 0.6) is 0 Å². The summed E-state index contributed by atoms with van der Waals surface area (Å²) >= 11 is 11.7. The molecule has 0 fully saturated rings. The van der Waals surface area contributed by atoms with Gasteiger partial charge < -0.3 is 5.11 Å². The molecule has 5 nitrogen and oxygen atoms in total. The standard InChI is InChI=1S/C13H7Cl2NO4/c14-8-3-7(4-9(15)5-8)12-6-10(16(19)20)1-2-11(12)13(17)18/h1-6H,(H,17,18). The third-order valence-electron chi connectivity index (χ3n) is 2.62. The summed E-state index contributed by atoms with van der Waals surface area (Å²) in [6.07, 6.45) is 0. The molecule has 0 aliphatic heterocycles. The van der Waals surface area contributed by atoms with Gasteiger partial charge in [0.25, 0.3) is 5.69 Å². The molecule has 0 bridgehead atoms. The molecule has 2 rings (SSSR count). The minimum absolute atomic E-state index is 0.0612. The Morgan fingerprint density at radius 2 is 1.70 bits per heavy atom. The van der Waals surface area contributed by atoms with Crippen LogP contribution in [0.4, 0.5) is 5.69 Å². The van der Waals surface area contributed by atoms with Crippen LogP contribution in [0.15, 0.2) is 36.4 Å². The molecule has 0 aliphatic rings. The lowest BCUT2D eigenvalue weighted by atomic mass is 9.99. The molecule has 0 saturated carbocycles. The Labute approximate surface area is 123 Å². The lowest BCUT2D eigenvalue weighted by Crippen LogP contribution is -2.01. The monoisotopic (exact) mass is 311 g/mol. The van der Waals surface area contributed by atoms with Crippen molar-refractivity contribution in [2.24, 2.45) is 0 Å². The molecular weight excluding hydrogens is 305 g/mol. The first kappa shape index (κ1) is 14.3. The molecule has 2 aromatic carbocycles. The zero-order valence-electron chi connectivity index (χ0n) is 9.84. The summed E-state index contributed by atoms with van der Waals surface area (Å²) in [5.41, 5.74) is 0.328. The third kappa shape index (κ3) is 2.89. The number of carbonyl (C=O) groups is 1.